The standard InChI is InChI=1S/C24H20N2O3/c1-28-23-14-17(9-11-19-6-4-5-13-25-19)10-12-22(23)29-24(27)15-18-16-26-21-8-3-2-7-20(18)21/h2-14,16,26H,15H2,1H3/b11-9+. The number of carbonyl (C=O) groups excluding carboxylic acids is 1. The van der Waals surface area contributed by atoms with Crippen LogP contribution in [-0.2, 0) is 11.2 Å². The molecular weight excluding hydrogens is 364 g/mol. The fourth-order valence-corrected chi connectivity index (χ4v) is 3.12. The van der Waals surface area contributed by atoms with Crippen LogP contribution in [0, 0.1) is 0 Å². The second-order valence-electron chi connectivity index (χ2n) is 6.51. The van der Waals surface area contributed by atoms with Crippen LogP contribution in [0.15, 0.2) is 73.1 Å². The molecule has 2 aromatic heterocycles. The summed E-state index contributed by atoms with van der Waals surface area (Å²) in [4.78, 5) is 19.9. The summed E-state index contributed by atoms with van der Waals surface area (Å²) in [5.41, 5.74) is 3.68. The molecule has 0 spiro atoms. The normalized spacial score (nSPS) is 11.1. The van der Waals surface area contributed by atoms with Crippen molar-refractivity contribution in [3.8, 4) is 11.5 Å². The van der Waals surface area contributed by atoms with Gasteiger partial charge < -0.3 is 14.5 Å². The Morgan fingerprint density at radius 2 is 1.90 bits per heavy atom. The lowest BCUT2D eigenvalue weighted by atomic mass is 10.1. The van der Waals surface area contributed by atoms with Gasteiger partial charge in [-0.05, 0) is 47.5 Å². The van der Waals surface area contributed by atoms with Gasteiger partial charge in [0.1, 0.15) is 0 Å². The topological polar surface area (TPSA) is 64.2 Å². The van der Waals surface area contributed by atoms with E-state index in [1.807, 2.05) is 72.9 Å². The number of benzene rings is 2. The number of H-pyrrole nitrogens is 1. The van der Waals surface area contributed by atoms with E-state index in [2.05, 4.69) is 9.97 Å². The summed E-state index contributed by atoms with van der Waals surface area (Å²) >= 11 is 0. The highest BCUT2D eigenvalue weighted by Crippen LogP contribution is 2.29. The molecule has 0 aliphatic rings. The number of nitrogens with zero attached hydrogens (tertiary/aromatic N) is 1. The lowest BCUT2D eigenvalue weighted by Crippen LogP contribution is -2.11. The molecule has 0 amide bonds. The van der Waals surface area contributed by atoms with E-state index in [1.54, 1.807) is 19.4 Å². The first-order valence-electron chi connectivity index (χ1n) is 9.26. The molecule has 0 aliphatic heterocycles. The van der Waals surface area contributed by atoms with E-state index in [1.165, 1.54) is 0 Å². The van der Waals surface area contributed by atoms with Crippen LogP contribution in [0.4, 0.5) is 0 Å². The smallest absolute Gasteiger partial charge is 0.315 e. The third kappa shape index (κ3) is 4.35. The molecule has 0 unspecified atom stereocenters. The van der Waals surface area contributed by atoms with E-state index >= 15 is 0 Å². The van der Waals surface area contributed by atoms with Gasteiger partial charge in [-0.25, -0.2) is 0 Å². The molecule has 2 aromatic carbocycles. The average Bonchev–Trinajstić information content (AvgIpc) is 3.16. The highest BCUT2D eigenvalue weighted by molar-refractivity contribution is 5.88. The summed E-state index contributed by atoms with van der Waals surface area (Å²) < 4.78 is 11.0. The van der Waals surface area contributed by atoms with Crippen LogP contribution in [0.5, 0.6) is 11.5 Å². The number of carbonyl (C=O) groups is 1. The number of hydrogen-bond donors (Lipinski definition) is 1. The van der Waals surface area contributed by atoms with Gasteiger partial charge in [-0.3, -0.25) is 9.78 Å². The van der Waals surface area contributed by atoms with Gasteiger partial charge in [0.25, 0.3) is 0 Å². The van der Waals surface area contributed by atoms with Crippen molar-refractivity contribution in [1.82, 2.24) is 9.97 Å². The number of pyridine rings is 1. The van der Waals surface area contributed by atoms with Crippen molar-refractivity contribution < 1.29 is 14.3 Å². The SMILES string of the molecule is COc1cc(/C=C/c2ccccn2)ccc1OC(=O)Cc1c[nH]c2ccccc12. The quantitative estimate of drug-likeness (QED) is 0.380. The van der Waals surface area contributed by atoms with E-state index < -0.39 is 0 Å². The van der Waals surface area contributed by atoms with Crippen LogP contribution < -0.4 is 9.47 Å². The van der Waals surface area contributed by atoms with Crippen LogP contribution in [0.1, 0.15) is 16.8 Å². The summed E-state index contributed by atoms with van der Waals surface area (Å²) in [5.74, 6) is 0.553. The highest BCUT2D eigenvalue weighted by Gasteiger charge is 2.13. The van der Waals surface area contributed by atoms with Gasteiger partial charge in [-0.2, -0.15) is 0 Å². The number of aromatic nitrogens is 2. The van der Waals surface area contributed by atoms with Crippen molar-refractivity contribution >= 4 is 29.0 Å². The third-order valence-electron chi connectivity index (χ3n) is 4.56. The molecule has 1 N–H and O–H groups in total. The van der Waals surface area contributed by atoms with Crippen molar-refractivity contribution in [2.75, 3.05) is 7.11 Å². The van der Waals surface area contributed by atoms with Gasteiger partial charge in [0, 0.05) is 23.3 Å². The lowest BCUT2D eigenvalue weighted by molar-refractivity contribution is -0.133. The molecule has 0 radical (unpaired) electrons. The minimum atomic E-state index is -0.343. The summed E-state index contributed by atoms with van der Waals surface area (Å²) in [6.45, 7) is 0. The second kappa shape index (κ2) is 8.44. The van der Waals surface area contributed by atoms with E-state index in [-0.39, 0.29) is 12.4 Å². The first-order chi connectivity index (χ1) is 14.2. The average molecular weight is 384 g/mol. The molecule has 0 aliphatic carbocycles. The fourth-order valence-electron chi connectivity index (χ4n) is 3.12. The number of para-hydroxylation sites is 1. The second-order valence-corrected chi connectivity index (χ2v) is 6.51. The number of rotatable bonds is 6. The maximum Gasteiger partial charge on any atom is 0.315 e. The Morgan fingerprint density at radius 1 is 1.03 bits per heavy atom. The molecule has 144 valence electrons. The monoisotopic (exact) mass is 384 g/mol. The molecule has 0 atom stereocenters. The van der Waals surface area contributed by atoms with Crippen LogP contribution >= 0.6 is 0 Å². The molecule has 2 heterocycles. The van der Waals surface area contributed by atoms with E-state index in [0.29, 0.717) is 11.5 Å². The first kappa shape index (κ1) is 18.5. The summed E-state index contributed by atoms with van der Waals surface area (Å²) in [6, 6.07) is 19.0. The Balaban J connectivity index is 1.48. The summed E-state index contributed by atoms with van der Waals surface area (Å²) in [6.07, 6.45) is 7.61. The van der Waals surface area contributed by atoms with Gasteiger partial charge in [0.05, 0.1) is 19.2 Å². The predicted molar refractivity (Wildman–Crippen MR) is 114 cm³/mol. The summed E-state index contributed by atoms with van der Waals surface area (Å²) in [7, 11) is 1.55. The predicted octanol–water partition coefficient (Wildman–Crippen LogP) is 4.89. The van der Waals surface area contributed by atoms with Crippen molar-refractivity contribution in [2.45, 2.75) is 6.42 Å². The Labute approximate surface area is 168 Å². The van der Waals surface area contributed by atoms with Crippen molar-refractivity contribution in [2.24, 2.45) is 0 Å². The molecule has 29 heavy (non-hydrogen) atoms. The number of nitrogens with one attached hydrogen (secondary N) is 1. The van der Waals surface area contributed by atoms with Crippen LogP contribution in [-0.4, -0.2) is 23.0 Å². The van der Waals surface area contributed by atoms with Crippen LogP contribution in [0.2, 0.25) is 0 Å². The largest absolute Gasteiger partial charge is 0.493 e. The maximum atomic E-state index is 12.5. The lowest BCUT2D eigenvalue weighted by Gasteiger charge is -2.10. The third-order valence-corrected chi connectivity index (χ3v) is 4.56. The number of esters is 1. The van der Waals surface area contributed by atoms with Gasteiger partial charge in [-0.15, -0.1) is 0 Å². The number of ether oxygens (including phenoxy) is 2. The molecule has 4 aromatic rings. The number of methoxy groups -OCH3 is 1. The van der Waals surface area contributed by atoms with E-state index in [4.69, 9.17) is 9.47 Å². The zero-order valence-electron chi connectivity index (χ0n) is 16.0. The number of fused-ring (bicyclic) bond motifs is 1. The highest BCUT2D eigenvalue weighted by atomic mass is 16.6. The Morgan fingerprint density at radius 3 is 2.72 bits per heavy atom. The number of hydrogen-bond acceptors (Lipinski definition) is 4. The van der Waals surface area contributed by atoms with Crippen molar-refractivity contribution in [1.29, 1.82) is 0 Å². The molecular formula is C24H20N2O3. The Hall–Kier alpha value is -3.86. The van der Waals surface area contributed by atoms with Gasteiger partial charge >= 0.3 is 5.97 Å². The minimum Gasteiger partial charge on any atom is -0.493 e. The van der Waals surface area contributed by atoms with E-state index in [9.17, 15) is 4.79 Å². The Kier molecular flexibility index (Phi) is 5.38. The zero-order valence-corrected chi connectivity index (χ0v) is 16.0. The minimum absolute atomic E-state index is 0.175. The zero-order chi connectivity index (χ0) is 20.1. The fraction of sp³-hybridized carbons (Fsp3) is 0.0833. The van der Waals surface area contributed by atoms with E-state index in [0.717, 1.165) is 27.7 Å². The van der Waals surface area contributed by atoms with Gasteiger partial charge in [0.15, 0.2) is 11.5 Å². The molecule has 0 saturated heterocycles. The molecule has 4 rings (SSSR count). The van der Waals surface area contributed by atoms with Gasteiger partial charge in [0.2, 0.25) is 0 Å². The summed E-state index contributed by atoms with van der Waals surface area (Å²) in [5, 5.41) is 1.02. The first-order valence-corrected chi connectivity index (χ1v) is 9.26. The molecule has 0 fully saturated rings. The maximum absolute atomic E-state index is 12.5. The number of aromatic amines is 1. The van der Waals surface area contributed by atoms with Crippen LogP contribution in [0.3, 0.4) is 0 Å². The van der Waals surface area contributed by atoms with Gasteiger partial charge in [-0.1, -0.05) is 36.4 Å². The van der Waals surface area contributed by atoms with Crippen LogP contribution in [0.25, 0.3) is 23.1 Å². The van der Waals surface area contributed by atoms with Crippen molar-refractivity contribution in [3.05, 3.63) is 89.9 Å². The molecule has 5 nitrogen and oxygen atoms in total. The molecule has 0 bridgehead atoms. The Bertz CT molecular complexity index is 1160. The van der Waals surface area contributed by atoms with Crippen molar-refractivity contribution in [3.63, 3.8) is 0 Å². The molecule has 0 saturated carbocycles. The molecule has 5 heteroatoms.